The lowest BCUT2D eigenvalue weighted by Gasteiger charge is -2.39. The van der Waals surface area contributed by atoms with E-state index in [-0.39, 0.29) is 47.8 Å². The zero-order chi connectivity index (χ0) is 28.7. The Morgan fingerprint density at radius 3 is 2.55 bits per heavy atom. The van der Waals surface area contributed by atoms with Crippen LogP contribution in [0.5, 0.6) is 0 Å². The fourth-order valence-electron chi connectivity index (χ4n) is 5.98. The Balaban J connectivity index is 1.63. The van der Waals surface area contributed by atoms with E-state index in [4.69, 9.17) is 9.47 Å². The summed E-state index contributed by atoms with van der Waals surface area (Å²) in [5, 5.41) is 14.0. The van der Waals surface area contributed by atoms with Crippen molar-refractivity contribution in [1.29, 1.82) is 0 Å². The Morgan fingerprint density at radius 1 is 1.15 bits per heavy atom. The van der Waals surface area contributed by atoms with Crippen molar-refractivity contribution >= 4 is 16.9 Å². The molecular weight excluding hydrogens is 513 g/mol. The van der Waals surface area contributed by atoms with Gasteiger partial charge in [0.05, 0.1) is 43.7 Å². The summed E-state index contributed by atoms with van der Waals surface area (Å²) in [7, 11) is 0. The third kappa shape index (κ3) is 5.37. The first kappa shape index (κ1) is 28.6. The highest BCUT2D eigenvalue weighted by molar-refractivity contribution is 5.87. The van der Waals surface area contributed by atoms with Gasteiger partial charge in [-0.05, 0) is 65.7 Å². The van der Waals surface area contributed by atoms with Crippen molar-refractivity contribution in [2.75, 3.05) is 31.7 Å². The molecule has 0 aliphatic carbocycles. The predicted molar refractivity (Wildman–Crippen MR) is 153 cm³/mol. The highest BCUT2D eigenvalue weighted by atomic mass is 19.1. The molecule has 4 heterocycles. The summed E-state index contributed by atoms with van der Waals surface area (Å²) in [6.07, 6.45) is 1.04. The molecule has 40 heavy (non-hydrogen) atoms. The largest absolute Gasteiger partial charge is 0.389 e. The van der Waals surface area contributed by atoms with Gasteiger partial charge in [0.25, 0.3) is 0 Å². The van der Waals surface area contributed by atoms with Gasteiger partial charge in [-0.3, -0.25) is 9.69 Å². The van der Waals surface area contributed by atoms with E-state index in [2.05, 4.69) is 52.4 Å². The maximum absolute atomic E-state index is 15.3. The van der Waals surface area contributed by atoms with Gasteiger partial charge in [0.15, 0.2) is 11.2 Å². The molecule has 4 atom stereocenters. The number of hydrogen-bond acceptors (Lipinski definition) is 8. The fraction of sp³-hybridized carbons (Fsp3) is 0.567. The van der Waals surface area contributed by atoms with Crippen molar-refractivity contribution in [3.63, 3.8) is 0 Å². The summed E-state index contributed by atoms with van der Waals surface area (Å²) in [4.78, 5) is 24.7. The highest BCUT2D eigenvalue weighted by Crippen LogP contribution is 2.32. The van der Waals surface area contributed by atoms with E-state index < -0.39 is 11.9 Å². The lowest BCUT2D eigenvalue weighted by molar-refractivity contribution is -0.0420. The van der Waals surface area contributed by atoms with Gasteiger partial charge in [0.1, 0.15) is 5.69 Å². The molecule has 0 radical (unpaired) electrons. The number of anilines is 1. The Kier molecular flexibility index (Phi) is 8.24. The first-order valence-corrected chi connectivity index (χ1v) is 14.1. The van der Waals surface area contributed by atoms with Gasteiger partial charge in [0.2, 0.25) is 5.95 Å². The fourth-order valence-corrected chi connectivity index (χ4v) is 5.98. The second-order valence-corrected chi connectivity index (χ2v) is 11.5. The second kappa shape index (κ2) is 11.5. The van der Waals surface area contributed by atoms with Crippen LogP contribution in [-0.4, -0.2) is 75.2 Å². The van der Waals surface area contributed by atoms with Crippen LogP contribution in [0, 0.1) is 19.7 Å². The number of hydrogen-bond donors (Lipinski definition) is 2. The summed E-state index contributed by atoms with van der Waals surface area (Å²) in [5.41, 5.74) is 3.93. The maximum Gasteiger partial charge on any atom is 0.223 e. The van der Waals surface area contributed by atoms with Crippen molar-refractivity contribution in [1.82, 2.24) is 19.4 Å². The minimum Gasteiger partial charge on any atom is -0.389 e. The van der Waals surface area contributed by atoms with Crippen LogP contribution in [0.4, 0.5) is 10.3 Å². The molecular formula is C30H40FN5O4. The minimum atomic E-state index is -0.702. The van der Waals surface area contributed by atoms with Crippen molar-refractivity contribution in [3.05, 3.63) is 51.2 Å². The summed E-state index contributed by atoms with van der Waals surface area (Å²) < 4.78 is 28.5. The van der Waals surface area contributed by atoms with Crippen LogP contribution in [0.1, 0.15) is 57.0 Å². The van der Waals surface area contributed by atoms with Gasteiger partial charge < -0.3 is 24.5 Å². The molecule has 0 saturated carbocycles. The number of aromatic nitrogens is 3. The first-order valence-electron chi connectivity index (χ1n) is 14.1. The van der Waals surface area contributed by atoms with Crippen LogP contribution in [0.3, 0.4) is 0 Å². The molecule has 5 rings (SSSR count). The van der Waals surface area contributed by atoms with E-state index in [9.17, 15) is 9.90 Å². The van der Waals surface area contributed by atoms with Gasteiger partial charge in [0, 0.05) is 53.5 Å². The van der Waals surface area contributed by atoms with Gasteiger partial charge in [-0.1, -0.05) is 0 Å². The van der Waals surface area contributed by atoms with E-state index in [1.807, 2.05) is 26.0 Å². The van der Waals surface area contributed by atoms with Crippen molar-refractivity contribution in [2.45, 2.75) is 84.8 Å². The molecule has 0 unspecified atom stereocenters. The summed E-state index contributed by atoms with van der Waals surface area (Å²) in [6.45, 7) is 14.9. The first-order chi connectivity index (χ1) is 19.1. The summed E-state index contributed by atoms with van der Waals surface area (Å²) >= 11 is 0. The Bertz CT molecular complexity index is 1450. The SMILES string of the molecule is Cc1cc2c(=O)c(C)c(CN3[C@H](C)COC[C@H]3C)n(C(C)C)c2cc1-c1nc(N[C@@H]2CCOC[C@H]2O)ncc1F. The van der Waals surface area contributed by atoms with Crippen molar-refractivity contribution in [3.8, 4) is 11.3 Å². The minimum absolute atomic E-state index is 0.0101. The Morgan fingerprint density at radius 2 is 1.88 bits per heavy atom. The smallest absolute Gasteiger partial charge is 0.223 e. The van der Waals surface area contributed by atoms with Gasteiger partial charge in [-0.25, -0.2) is 14.4 Å². The van der Waals surface area contributed by atoms with Crippen LogP contribution < -0.4 is 10.7 Å². The van der Waals surface area contributed by atoms with E-state index in [0.717, 1.165) is 28.5 Å². The number of aliphatic hydroxyl groups is 1. The van der Waals surface area contributed by atoms with E-state index >= 15 is 4.39 Å². The van der Waals surface area contributed by atoms with E-state index in [0.29, 0.717) is 43.7 Å². The highest BCUT2D eigenvalue weighted by Gasteiger charge is 2.29. The number of ether oxygens (including phenoxy) is 2. The van der Waals surface area contributed by atoms with Crippen LogP contribution >= 0.6 is 0 Å². The molecule has 0 amide bonds. The number of pyridine rings is 1. The standard InChI is InChI=1S/C30H40FN5O4/c1-16(2)36-25-10-21(28-23(31)11-32-30(34-28)33-24-7-8-39-15-27(24)37)17(3)9-22(25)29(38)20(6)26(36)12-35-18(4)13-40-14-19(35)5/h9-11,16,18-19,24,27,37H,7-8,12-15H2,1-6H3,(H,32,33,34)/t18-,19-,24-,27-/m1/s1. The van der Waals surface area contributed by atoms with Crippen LogP contribution in [0.25, 0.3) is 22.2 Å². The molecule has 2 aliphatic heterocycles. The summed E-state index contributed by atoms with van der Waals surface area (Å²) in [6, 6.07) is 3.95. The molecule has 2 N–H and O–H groups in total. The maximum atomic E-state index is 15.3. The van der Waals surface area contributed by atoms with Gasteiger partial charge in [-0.2, -0.15) is 0 Å². The monoisotopic (exact) mass is 553 g/mol. The molecule has 2 aliphatic rings. The van der Waals surface area contributed by atoms with Crippen LogP contribution in [-0.2, 0) is 16.0 Å². The van der Waals surface area contributed by atoms with Crippen molar-refractivity contribution < 1.29 is 19.0 Å². The van der Waals surface area contributed by atoms with E-state index in [1.165, 1.54) is 0 Å². The molecule has 9 nitrogen and oxygen atoms in total. The zero-order valence-electron chi connectivity index (χ0n) is 24.2. The molecule has 3 aromatic rings. The lowest BCUT2D eigenvalue weighted by Crippen LogP contribution is -2.49. The van der Waals surface area contributed by atoms with Crippen LogP contribution in [0.2, 0.25) is 0 Å². The van der Waals surface area contributed by atoms with Gasteiger partial charge in [-0.15, -0.1) is 0 Å². The number of halogens is 1. The quantitative estimate of drug-likeness (QED) is 0.473. The third-order valence-corrected chi connectivity index (χ3v) is 8.25. The molecule has 2 fully saturated rings. The average molecular weight is 554 g/mol. The molecule has 2 saturated heterocycles. The van der Waals surface area contributed by atoms with E-state index in [1.54, 1.807) is 0 Å². The molecule has 10 heteroatoms. The predicted octanol–water partition coefficient (Wildman–Crippen LogP) is 3.97. The van der Waals surface area contributed by atoms with Crippen LogP contribution in [0.15, 0.2) is 23.1 Å². The molecule has 1 aromatic carbocycles. The van der Waals surface area contributed by atoms with Gasteiger partial charge >= 0.3 is 0 Å². The Labute approximate surface area is 234 Å². The number of morpholine rings is 1. The van der Waals surface area contributed by atoms with Crippen molar-refractivity contribution in [2.24, 2.45) is 0 Å². The lowest BCUT2D eigenvalue weighted by atomic mass is 9.98. The number of benzene rings is 1. The topological polar surface area (TPSA) is 102 Å². The zero-order valence-corrected chi connectivity index (χ0v) is 24.2. The Hall–Kier alpha value is -2.92. The number of rotatable bonds is 6. The summed E-state index contributed by atoms with van der Waals surface area (Å²) in [5.74, 6) is -0.315. The second-order valence-electron chi connectivity index (χ2n) is 11.5. The number of nitrogens with zero attached hydrogens (tertiary/aromatic N) is 4. The number of aryl methyl sites for hydroxylation is 1. The number of nitrogens with one attached hydrogen (secondary N) is 1. The normalized spacial score (nSPS) is 24.1. The average Bonchev–Trinajstić information content (AvgIpc) is 2.91. The number of aliphatic hydroxyl groups excluding tert-OH is 1. The molecule has 0 bridgehead atoms. The third-order valence-electron chi connectivity index (χ3n) is 8.25. The molecule has 0 spiro atoms. The number of fused-ring (bicyclic) bond motifs is 1. The molecule has 2 aromatic heterocycles. The molecule has 216 valence electrons.